The standard InChI is InChI=1S/C16H21N3/c1-13-12-16(14-8-10-18(2)11-9-14)19(17-13)15-6-4-3-5-7-15/h3-7,12,14H,8-11H2,1-2H3. The highest BCUT2D eigenvalue weighted by Crippen LogP contribution is 2.29. The maximum Gasteiger partial charge on any atom is 0.0649 e. The molecule has 0 spiro atoms. The molecule has 0 atom stereocenters. The van der Waals surface area contributed by atoms with E-state index in [2.05, 4.69) is 65.1 Å². The number of hydrogen-bond acceptors (Lipinski definition) is 2. The molecule has 3 heteroatoms. The van der Waals surface area contributed by atoms with Crippen molar-refractivity contribution in [2.75, 3.05) is 20.1 Å². The molecule has 0 aliphatic carbocycles. The minimum atomic E-state index is 0.637. The van der Waals surface area contributed by atoms with Gasteiger partial charge in [0.1, 0.15) is 0 Å². The molecular formula is C16H21N3. The van der Waals surface area contributed by atoms with E-state index in [9.17, 15) is 0 Å². The van der Waals surface area contributed by atoms with E-state index in [1.165, 1.54) is 37.3 Å². The van der Waals surface area contributed by atoms with Gasteiger partial charge in [-0.25, -0.2) is 4.68 Å². The first kappa shape index (κ1) is 12.4. The van der Waals surface area contributed by atoms with Gasteiger partial charge in [0.15, 0.2) is 0 Å². The second-order valence-corrected chi connectivity index (χ2v) is 5.54. The lowest BCUT2D eigenvalue weighted by molar-refractivity contribution is 0.252. The normalized spacial score (nSPS) is 17.8. The van der Waals surface area contributed by atoms with E-state index in [-0.39, 0.29) is 0 Å². The third-order valence-electron chi connectivity index (χ3n) is 4.00. The van der Waals surface area contributed by atoms with Crippen molar-refractivity contribution in [1.82, 2.24) is 14.7 Å². The van der Waals surface area contributed by atoms with E-state index >= 15 is 0 Å². The molecule has 1 saturated heterocycles. The van der Waals surface area contributed by atoms with Crippen molar-refractivity contribution in [3.63, 3.8) is 0 Å². The van der Waals surface area contributed by atoms with E-state index in [4.69, 9.17) is 0 Å². The zero-order valence-corrected chi connectivity index (χ0v) is 11.7. The van der Waals surface area contributed by atoms with Crippen LogP contribution < -0.4 is 0 Å². The van der Waals surface area contributed by atoms with Gasteiger partial charge in [-0.2, -0.15) is 5.10 Å². The third-order valence-corrected chi connectivity index (χ3v) is 4.00. The van der Waals surface area contributed by atoms with Gasteiger partial charge in [-0.15, -0.1) is 0 Å². The van der Waals surface area contributed by atoms with Crippen molar-refractivity contribution in [2.24, 2.45) is 0 Å². The highest BCUT2D eigenvalue weighted by molar-refractivity contribution is 5.34. The maximum absolute atomic E-state index is 4.68. The van der Waals surface area contributed by atoms with E-state index in [0.717, 1.165) is 5.69 Å². The first-order valence-corrected chi connectivity index (χ1v) is 7.04. The molecule has 3 rings (SSSR count). The largest absolute Gasteiger partial charge is 0.306 e. The van der Waals surface area contributed by atoms with Crippen LogP contribution in [0.25, 0.3) is 5.69 Å². The average Bonchev–Trinajstić information content (AvgIpc) is 2.83. The molecule has 1 aromatic carbocycles. The summed E-state index contributed by atoms with van der Waals surface area (Å²) in [7, 11) is 2.20. The van der Waals surface area contributed by atoms with Gasteiger partial charge in [0.05, 0.1) is 11.4 Å². The van der Waals surface area contributed by atoms with Crippen molar-refractivity contribution in [3.05, 3.63) is 47.8 Å². The summed E-state index contributed by atoms with van der Waals surface area (Å²) < 4.78 is 2.13. The Balaban J connectivity index is 1.94. The summed E-state index contributed by atoms with van der Waals surface area (Å²) in [4.78, 5) is 2.41. The average molecular weight is 255 g/mol. The van der Waals surface area contributed by atoms with Gasteiger partial charge in [-0.05, 0) is 58.1 Å². The molecule has 1 aromatic heterocycles. The van der Waals surface area contributed by atoms with Gasteiger partial charge in [0.25, 0.3) is 0 Å². The quantitative estimate of drug-likeness (QED) is 0.822. The van der Waals surface area contributed by atoms with Crippen LogP contribution in [0.5, 0.6) is 0 Å². The lowest BCUT2D eigenvalue weighted by atomic mass is 9.93. The van der Waals surface area contributed by atoms with Gasteiger partial charge in [-0.3, -0.25) is 0 Å². The molecule has 3 nitrogen and oxygen atoms in total. The Bertz CT molecular complexity index is 536. The number of hydrogen-bond donors (Lipinski definition) is 0. The molecule has 0 bridgehead atoms. The molecule has 2 heterocycles. The van der Waals surface area contributed by atoms with Gasteiger partial charge >= 0.3 is 0 Å². The van der Waals surface area contributed by atoms with Crippen molar-refractivity contribution in [3.8, 4) is 5.69 Å². The van der Waals surface area contributed by atoms with Crippen molar-refractivity contribution in [2.45, 2.75) is 25.7 Å². The summed E-state index contributed by atoms with van der Waals surface area (Å²) in [6.07, 6.45) is 2.46. The maximum atomic E-state index is 4.68. The number of para-hydroxylation sites is 1. The second-order valence-electron chi connectivity index (χ2n) is 5.54. The molecule has 1 aliphatic rings. The molecule has 0 saturated carbocycles. The van der Waals surface area contributed by atoms with Crippen molar-refractivity contribution in [1.29, 1.82) is 0 Å². The molecule has 0 unspecified atom stereocenters. The molecule has 19 heavy (non-hydrogen) atoms. The Morgan fingerprint density at radius 1 is 1.11 bits per heavy atom. The predicted octanol–water partition coefficient (Wildman–Crippen LogP) is 2.99. The molecule has 0 radical (unpaired) electrons. The molecule has 1 fully saturated rings. The monoisotopic (exact) mass is 255 g/mol. The Morgan fingerprint density at radius 2 is 1.79 bits per heavy atom. The van der Waals surface area contributed by atoms with Crippen LogP contribution in [0.1, 0.15) is 30.1 Å². The Labute approximate surface area is 114 Å². The lowest BCUT2D eigenvalue weighted by Crippen LogP contribution is -2.30. The van der Waals surface area contributed by atoms with E-state index in [0.29, 0.717) is 5.92 Å². The number of likely N-dealkylation sites (tertiary alicyclic amines) is 1. The van der Waals surface area contributed by atoms with Crippen molar-refractivity contribution >= 4 is 0 Å². The van der Waals surface area contributed by atoms with E-state index in [1.54, 1.807) is 0 Å². The predicted molar refractivity (Wildman–Crippen MR) is 77.8 cm³/mol. The summed E-state index contributed by atoms with van der Waals surface area (Å²) >= 11 is 0. The molecular weight excluding hydrogens is 234 g/mol. The Kier molecular flexibility index (Phi) is 3.38. The number of aryl methyl sites for hydroxylation is 1. The highest BCUT2D eigenvalue weighted by Gasteiger charge is 2.22. The SMILES string of the molecule is Cc1cc(C2CCN(C)CC2)n(-c2ccccc2)n1. The minimum absolute atomic E-state index is 0.637. The molecule has 1 aliphatic heterocycles. The zero-order valence-electron chi connectivity index (χ0n) is 11.7. The fourth-order valence-corrected chi connectivity index (χ4v) is 2.89. The molecule has 0 N–H and O–H groups in total. The van der Waals surface area contributed by atoms with Crippen molar-refractivity contribution < 1.29 is 0 Å². The van der Waals surface area contributed by atoms with Crippen LogP contribution >= 0.6 is 0 Å². The smallest absolute Gasteiger partial charge is 0.0649 e. The first-order chi connectivity index (χ1) is 9.24. The van der Waals surface area contributed by atoms with Crippen LogP contribution in [0.2, 0.25) is 0 Å². The third kappa shape index (κ3) is 2.56. The fourth-order valence-electron chi connectivity index (χ4n) is 2.89. The van der Waals surface area contributed by atoms with E-state index < -0.39 is 0 Å². The van der Waals surface area contributed by atoms with Gasteiger partial charge in [0.2, 0.25) is 0 Å². The van der Waals surface area contributed by atoms with Gasteiger partial charge < -0.3 is 4.90 Å². The number of benzene rings is 1. The van der Waals surface area contributed by atoms with Crippen LogP contribution in [0.3, 0.4) is 0 Å². The summed E-state index contributed by atoms with van der Waals surface area (Å²) in [5, 5.41) is 4.68. The van der Waals surface area contributed by atoms with Gasteiger partial charge in [-0.1, -0.05) is 18.2 Å². The molecule has 100 valence electrons. The van der Waals surface area contributed by atoms with E-state index in [1.807, 2.05) is 0 Å². The summed E-state index contributed by atoms with van der Waals surface area (Å²) in [6.45, 7) is 4.45. The minimum Gasteiger partial charge on any atom is -0.306 e. The lowest BCUT2D eigenvalue weighted by Gasteiger charge is -2.29. The number of nitrogens with zero attached hydrogens (tertiary/aromatic N) is 3. The zero-order chi connectivity index (χ0) is 13.2. The van der Waals surface area contributed by atoms with Crippen LogP contribution in [-0.2, 0) is 0 Å². The number of aromatic nitrogens is 2. The fraction of sp³-hybridized carbons (Fsp3) is 0.438. The summed E-state index contributed by atoms with van der Waals surface area (Å²) in [6, 6.07) is 12.7. The first-order valence-electron chi connectivity index (χ1n) is 7.04. The molecule has 2 aromatic rings. The summed E-state index contributed by atoms with van der Waals surface area (Å²) in [5.74, 6) is 0.637. The highest BCUT2D eigenvalue weighted by atomic mass is 15.3. The Morgan fingerprint density at radius 3 is 2.47 bits per heavy atom. The molecule has 0 amide bonds. The van der Waals surface area contributed by atoms with Crippen LogP contribution in [0.4, 0.5) is 0 Å². The van der Waals surface area contributed by atoms with Crippen LogP contribution in [0, 0.1) is 6.92 Å². The topological polar surface area (TPSA) is 21.1 Å². The number of piperidine rings is 1. The summed E-state index contributed by atoms with van der Waals surface area (Å²) in [5.41, 5.74) is 3.65. The number of rotatable bonds is 2. The van der Waals surface area contributed by atoms with Gasteiger partial charge in [0, 0.05) is 11.6 Å². The Hall–Kier alpha value is -1.61. The van der Waals surface area contributed by atoms with Crippen LogP contribution in [-0.4, -0.2) is 34.8 Å². The van der Waals surface area contributed by atoms with Crippen LogP contribution in [0.15, 0.2) is 36.4 Å². The second kappa shape index (κ2) is 5.17.